The van der Waals surface area contributed by atoms with Crippen LogP contribution in [-0.4, -0.2) is 0 Å². The van der Waals surface area contributed by atoms with Crippen molar-refractivity contribution in [2.75, 3.05) is 0 Å². The van der Waals surface area contributed by atoms with E-state index in [9.17, 15) is 0 Å². The lowest BCUT2D eigenvalue weighted by Crippen LogP contribution is -2.12. The maximum atomic E-state index is 6.85. The highest BCUT2D eigenvalue weighted by molar-refractivity contribution is 6.39. The van der Waals surface area contributed by atoms with E-state index in [0.29, 0.717) is 0 Å². The van der Waals surface area contributed by atoms with E-state index in [2.05, 4.69) is 84.0 Å². The molecule has 0 amide bonds. The first-order chi connectivity index (χ1) is 11.6. The molecule has 0 heterocycles. The van der Waals surface area contributed by atoms with Gasteiger partial charge in [-0.3, -0.25) is 0 Å². The minimum Gasteiger partial charge on any atom is -0.0833 e. The highest BCUT2D eigenvalue weighted by atomic mass is 35.5. The number of benzene rings is 4. The van der Waals surface area contributed by atoms with Crippen LogP contribution in [0.2, 0.25) is 5.02 Å². The molecule has 0 atom stereocenters. The standard InChI is InChI=1S/C24H25Cl/c1-23(2,3)17-11-14-7-8-16-13-19(24(4,5)6)22(25)18-10-9-15(12-17)20(14)21(16)18/h7-13H,1-6H3. The third kappa shape index (κ3) is 2.50. The SMILES string of the molecule is CC(C)(C)c1cc2ccc3cc(C(C)(C)C)c(Cl)c4ccc(c1)c2c34. The Morgan fingerprint density at radius 2 is 1.16 bits per heavy atom. The zero-order valence-electron chi connectivity index (χ0n) is 15.9. The largest absolute Gasteiger partial charge is 0.0833 e. The van der Waals surface area contributed by atoms with Gasteiger partial charge in [-0.1, -0.05) is 89.5 Å². The Balaban J connectivity index is 2.18. The second kappa shape index (κ2) is 5.11. The monoisotopic (exact) mass is 348 g/mol. The zero-order chi connectivity index (χ0) is 18.1. The number of hydrogen-bond acceptors (Lipinski definition) is 0. The van der Waals surface area contributed by atoms with Gasteiger partial charge >= 0.3 is 0 Å². The Labute approximate surface area is 155 Å². The first-order valence-electron chi connectivity index (χ1n) is 8.99. The fourth-order valence-corrected chi connectivity index (χ4v) is 4.33. The van der Waals surface area contributed by atoms with Gasteiger partial charge in [-0.05, 0) is 55.0 Å². The van der Waals surface area contributed by atoms with Crippen LogP contribution in [0.15, 0.2) is 42.5 Å². The van der Waals surface area contributed by atoms with Crippen molar-refractivity contribution in [2.24, 2.45) is 0 Å². The fourth-order valence-electron chi connectivity index (χ4n) is 3.84. The van der Waals surface area contributed by atoms with Crippen molar-refractivity contribution < 1.29 is 0 Å². The molecule has 1 heteroatoms. The van der Waals surface area contributed by atoms with Crippen LogP contribution in [0.4, 0.5) is 0 Å². The normalized spacial score (nSPS) is 13.4. The van der Waals surface area contributed by atoms with Gasteiger partial charge in [0.1, 0.15) is 0 Å². The summed E-state index contributed by atoms with van der Waals surface area (Å²) >= 11 is 6.85. The van der Waals surface area contributed by atoms with Gasteiger partial charge in [-0.25, -0.2) is 0 Å². The molecule has 25 heavy (non-hydrogen) atoms. The zero-order valence-corrected chi connectivity index (χ0v) is 16.7. The second-order valence-corrected chi connectivity index (χ2v) is 9.69. The van der Waals surface area contributed by atoms with Crippen molar-refractivity contribution in [3.05, 3.63) is 58.6 Å². The van der Waals surface area contributed by atoms with Gasteiger partial charge in [-0.2, -0.15) is 0 Å². The van der Waals surface area contributed by atoms with Gasteiger partial charge in [-0.15, -0.1) is 0 Å². The van der Waals surface area contributed by atoms with E-state index in [1.165, 1.54) is 43.4 Å². The Morgan fingerprint density at radius 1 is 0.640 bits per heavy atom. The summed E-state index contributed by atoms with van der Waals surface area (Å²) in [5.74, 6) is 0. The molecule has 0 nitrogen and oxygen atoms in total. The molecule has 0 spiro atoms. The van der Waals surface area contributed by atoms with Crippen molar-refractivity contribution in [1.29, 1.82) is 0 Å². The van der Waals surface area contributed by atoms with Gasteiger partial charge in [0.2, 0.25) is 0 Å². The Kier molecular flexibility index (Phi) is 3.41. The van der Waals surface area contributed by atoms with Crippen molar-refractivity contribution in [3.8, 4) is 0 Å². The molecule has 0 bridgehead atoms. The minimum atomic E-state index is 0.0287. The third-order valence-corrected chi connectivity index (χ3v) is 5.73. The molecule has 4 rings (SSSR count). The van der Waals surface area contributed by atoms with Crippen LogP contribution >= 0.6 is 11.6 Å². The highest BCUT2D eigenvalue weighted by Crippen LogP contribution is 2.43. The summed E-state index contributed by atoms with van der Waals surface area (Å²) < 4.78 is 0. The van der Waals surface area contributed by atoms with Gasteiger partial charge in [0.25, 0.3) is 0 Å². The predicted octanol–water partition coefficient (Wildman–Crippen LogP) is 7.83. The van der Waals surface area contributed by atoms with Crippen LogP contribution in [0.3, 0.4) is 0 Å². The second-order valence-electron chi connectivity index (χ2n) is 9.31. The summed E-state index contributed by atoms with van der Waals surface area (Å²) in [6.45, 7) is 13.5. The van der Waals surface area contributed by atoms with Crippen LogP contribution < -0.4 is 0 Å². The van der Waals surface area contributed by atoms with Gasteiger partial charge < -0.3 is 0 Å². The van der Waals surface area contributed by atoms with Crippen LogP contribution in [0.25, 0.3) is 32.3 Å². The molecule has 0 unspecified atom stereocenters. The van der Waals surface area contributed by atoms with Crippen molar-refractivity contribution in [2.45, 2.75) is 52.4 Å². The van der Waals surface area contributed by atoms with Gasteiger partial charge in [0.05, 0.1) is 5.02 Å². The molecular formula is C24H25Cl. The first-order valence-corrected chi connectivity index (χ1v) is 9.37. The predicted molar refractivity (Wildman–Crippen MR) is 113 cm³/mol. The molecular weight excluding hydrogens is 324 g/mol. The van der Waals surface area contributed by atoms with Crippen LogP contribution in [-0.2, 0) is 10.8 Å². The molecule has 0 aliphatic carbocycles. The lowest BCUT2D eigenvalue weighted by molar-refractivity contribution is 0.591. The average molecular weight is 349 g/mol. The average Bonchev–Trinajstić information content (AvgIpc) is 2.51. The van der Waals surface area contributed by atoms with Crippen molar-refractivity contribution in [3.63, 3.8) is 0 Å². The van der Waals surface area contributed by atoms with E-state index >= 15 is 0 Å². The lowest BCUT2D eigenvalue weighted by atomic mass is 9.81. The van der Waals surface area contributed by atoms with Gasteiger partial charge in [0, 0.05) is 5.39 Å². The number of halogens is 1. The topological polar surface area (TPSA) is 0 Å². The summed E-state index contributed by atoms with van der Waals surface area (Å²) in [6.07, 6.45) is 0. The summed E-state index contributed by atoms with van der Waals surface area (Å²) in [5.41, 5.74) is 2.76. The van der Waals surface area contributed by atoms with E-state index < -0.39 is 0 Å². The maximum Gasteiger partial charge on any atom is 0.0522 e. The molecule has 0 N–H and O–H groups in total. The summed E-state index contributed by atoms with van der Waals surface area (Å²) in [4.78, 5) is 0. The lowest BCUT2D eigenvalue weighted by Gasteiger charge is -2.24. The van der Waals surface area contributed by atoms with E-state index in [1.807, 2.05) is 0 Å². The molecule has 0 saturated carbocycles. The molecule has 0 aliphatic heterocycles. The van der Waals surface area contributed by atoms with E-state index in [0.717, 1.165) is 5.02 Å². The number of rotatable bonds is 0. The summed E-state index contributed by atoms with van der Waals surface area (Å²) in [7, 11) is 0. The molecule has 0 aliphatic rings. The Hall–Kier alpha value is -1.79. The quantitative estimate of drug-likeness (QED) is 0.284. The maximum absolute atomic E-state index is 6.85. The number of hydrogen-bond donors (Lipinski definition) is 0. The Morgan fingerprint density at radius 3 is 1.68 bits per heavy atom. The van der Waals surface area contributed by atoms with Gasteiger partial charge in [0.15, 0.2) is 0 Å². The smallest absolute Gasteiger partial charge is 0.0522 e. The van der Waals surface area contributed by atoms with Crippen molar-refractivity contribution >= 4 is 43.9 Å². The Bertz CT molecular complexity index is 1090. The molecule has 0 radical (unpaired) electrons. The van der Waals surface area contributed by atoms with Crippen LogP contribution in [0.5, 0.6) is 0 Å². The minimum absolute atomic E-state index is 0.0287. The molecule has 0 saturated heterocycles. The first kappa shape index (κ1) is 16.7. The third-order valence-electron chi connectivity index (χ3n) is 5.33. The van der Waals surface area contributed by atoms with Crippen LogP contribution in [0.1, 0.15) is 52.7 Å². The van der Waals surface area contributed by atoms with E-state index in [1.54, 1.807) is 0 Å². The molecule has 4 aromatic rings. The molecule has 0 aromatic heterocycles. The van der Waals surface area contributed by atoms with Crippen LogP contribution in [0, 0.1) is 0 Å². The fraction of sp³-hybridized carbons (Fsp3) is 0.333. The van der Waals surface area contributed by atoms with E-state index in [-0.39, 0.29) is 10.8 Å². The molecule has 4 aromatic carbocycles. The van der Waals surface area contributed by atoms with Crippen molar-refractivity contribution in [1.82, 2.24) is 0 Å². The van der Waals surface area contributed by atoms with E-state index in [4.69, 9.17) is 11.6 Å². The summed E-state index contributed by atoms with van der Waals surface area (Å²) in [6, 6.07) is 15.9. The molecule has 128 valence electrons. The summed E-state index contributed by atoms with van der Waals surface area (Å²) in [5, 5.41) is 8.60. The molecule has 0 fully saturated rings. The highest BCUT2D eigenvalue weighted by Gasteiger charge is 2.22.